The quantitative estimate of drug-likeness (QED) is 0.633. The summed E-state index contributed by atoms with van der Waals surface area (Å²) >= 11 is 0. The topological polar surface area (TPSA) is 93.5 Å². The van der Waals surface area contributed by atoms with Crippen LogP contribution < -0.4 is 10.8 Å². The van der Waals surface area contributed by atoms with Gasteiger partial charge in [-0.15, -0.1) is 0 Å². The first kappa shape index (κ1) is 15.5. The standard InChI is InChI=1S/C15H15N3O4/c19-15(17-22-11-12-5-2-1-3-6-12)16-10-13-7-4-8-14(9-13)18(20)21/h1-9H,10-11H2,(H2,16,17,19). The third kappa shape index (κ3) is 4.88. The van der Waals surface area contributed by atoms with Gasteiger partial charge in [-0.25, -0.2) is 10.3 Å². The van der Waals surface area contributed by atoms with Crippen LogP contribution in [0.5, 0.6) is 0 Å². The molecule has 0 aliphatic heterocycles. The summed E-state index contributed by atoms with van der Waals surface area (Å²) in [7, 11) is 0. The lowest BCUT2D eigenvalue weighted by atomic mass is 10.2. The molecule has 0 fully saturated rings. The van der Waals surface area contributed by atoms with E-state index in [9.17, 15) is 14.9 Å². The number of amides is 2. The molecule has 2 aromatic carbocycles. The Labute approximate surface area is 127 Å². The second-order valence-corrected chi connectivity index (χ2v) is 4.49. The van der Waals surface area contributed by atoms with E-state index >= 15 is 0 Å². The molecule has 0 saturated heterocycles. The van der Waals surface area contributed by atoms with Crippen molar-refractivity contribution in [1.29, 1.82) is 0 Å². The van der Waals surface area contributed by atoms with Crippen molar-refractivity contribution in [2.75, 3.05) is 0 Å². The lowest BCUT2D eigenvalue weighted by Gasteiger charge is -2.08. The summed E-state index contributed by atoms with van der Waals surface area (Å²) in [5, 5.41) is 13.2. The third-order valence-electron chi connectivity index (χ3n) is 2.82. The summed E-state index contributed by atoms with van der Waals surface area (Å²) < 4.78 is 0. The first-order chi connectivity index (χ1) is 10.6. The number of benzene rings is 2. The predicted molar refractivity (Wildman–Crippen MR) is 79.7 cm³/mol. The normalized spacial score (nSPS) is 10.0. The van der Waals surface area contributed by atoms with Crippen molar-refractivity contribution in [1.82, 2.24) is 10.8 Å². The van der Waals surface area contributed by atoms with Crippen LogP contribution in [0.2, 0.25) is 0 Å². The Morgan fingerprint density at radius 2 is 1.82 bits per heavy atom. The number of carbonyl (C=O) groups excluding carboxylic acids is 1. The maximum absolute atomic E-state index is 11.5. The van der Waals surface area contributed by atoms with Crippen molar-refractivity contribution in [2.45, 2.75) is 13.2 Å². The van der Waals surface area contributed by atoms with Crippen LogP contribution in [-0.2, 0) is 18.0 Å². The van der Waals surface area contributed by atoms with Crippen LogP contribution in [0.1, 0.15) is 11.1 Å². The number of non-ortho nitro benzene ring substituents is 1. The van der Waals surface area contributed by atoms with Crippen molar-refractivity contribution in [3.05, 3.63) is 75.8 Å². The fourth-order valence-electron chi connectivity index (χ4n) is 1.76. The first-order valence-corrected chi connectivity index (χ1v) is 6.58. The van der Waals surface area contributed by atoms with Crippen molar-refractivity contribution >= 4 is 11.7 Å². The van der Waals surface area contributed by atoms with Gasteiger partial charge in [0.15, 0.2) is 0 Å². The van der Waals surface area contributed by atoms with E-state index in [1.54, 1.807) is 12.1 Å². The van der Waals surface area contributed by atoms with Crippen LogP contribution in [0.25, 0.3) is 0 Å². The molecule has 0 saturated carbocycles. The number of carbonyl (C=O) groups is 1. The zero-order valence-electron chi connectivity index (χ0n) is 11.7. The largest absolute Gasteiger partial charge is 0.338 e. The van der Waals surface area contributed by atoms with Crippen molar-refractivity contribution in [3.8, 4) is 0 Å². The van der Waals surface area contributed by atoms with Crippen LogP contribution in [-0.4, -0.2) is 11.0 Å². The van der Waals surface area contributed by atoms with Crippen LogP contribution in [0.15, 0.2) is 54.6 Å². The van der Waals surface area contributed by atoms with Gasteiger partial charge in [-0.2, -0.15) is 0 Å². The fourth-order valence-corrected chi connectivity index (χ4v) is 1.76. The highest BCUT2D eigenvalue weighted by Gasteiger charge is 2.06. The molecule has 0 aromatic heterocycles. The third-order valence-corrected chi connectivity index (χ3v) is 2.82. The van der Waals surface area contributed by atoms with Crippen LogP contribution in [0.4, 0.5) is 10.5 Å². The molecule has 0 atom stereocenters. The van der Waals surface area contributed by atoms with E-state index in [0.717, 1.165) is 5.56 Å². The number of hydrogen-bond acceptors (Lipinski definition) is 4. The summed E-state index contributed by atoms with van der Waals surface area (Å²) in [6.07, 6.45) is 0. The average molecular weight is 301 g/mol. The summed E-state index contributed by atoms with van der Waals surface area (Å²) in [4.78, 5) is 26.8. The minimum atomic E-state index is -0.512. The lowest BCUT2D eigenvalue weighted by Crippen LogP contribution is -2.34. The minimum Gasteiger partial charge on any atom is -0.332 e. The fraction of sp³-hybridized carbons (Fsp3) is 0.133. The molecule has 2 rings (SSSR count). The summed E-state index contributed by atoms with van der Waals surface area (Å²) in [6, 6.07) is 15.0. The molecule has 2 amide bonds. The van der Waals surface area contributed by atoms with Gasteiger partial charge < -0.3 is 5.32 Å². The summed E-state index contributed by atoms with van der Waals surface area (Å²) in [6.45, 7) is 0.424. The molecule has 0 spiro atoms. The molecule has 7 nitrogen and oxygen atoms in total. The molecule has 0 radical (unpaired) electrons. The number of rotatable bonds is 6. The van der Waals surface area contributed by atoms with Gasteiger partial charge in [0.2, 0.25) is 0 Å². The number of hydrogen-bond donors (Lipinski definition) is 2. The van der Waals surface area contributed by atoms with Gasteiger partial charge in [-0.3, -0.25) is 15.0 Å². The Balaban J connectivity index is 1.73. The maximum atomic E-state index is 11.5. The zero-order valence-corrected chi connectivity index (χ0v) is 11.7. The van der Waals surface area contributed by atoms with Crippen molar-refractivity contribution < 1.29 is 14.6 Å². The van der Waals surface area contributed by atoms with Gasteiger partial charge in [0.1, 0.15) is 0 Å². The number of hydroxylamine groups is 1. The molecule has 114 valence electrons. The van der Waals surface area contributed by atoms with Crippen molar-refractivity contribution in [2.24, 2.45) is 0 Å². The Hall–Kier alpha value is -2.93. The Morgan fingerprint density at radius 1 is 1.09 bits per heavy atom. The van der Waals surface area contributed by atoms with Gasteiger partial charge in [-0.05, 0) is 11.1 Å². The molecule has 22 heavy (non-hydrogen) atoms. The smallest absolute Gasteiger partial charge is 0.332 e. The van der Waals surface area contributed by atoms with Crippen molar-refractivity contribution in [3.63, 3.8) is 0 Å². The molecule has 2 N–H and O–H groups in total. The van der Waals surface area contributed by atoms with E-state index in [1.165, 1.54) is 12.1 Å². The van der Waals surface area contributed by atoms with E-state index in [2.05, 4.69) is 10.8 Å². The van der Waals surface area contributed by atoms with E-state index in [1.807, 2.05) is 30.3 Å². The molecule has 0 bridgehead atoms. The first-order valence-electron chi connectivity index (χ1n) is 6.58. The van der Waals surface area contributed by atoms with E-state index < -0.39 is 11.0 Å². The van der Waals surface area contributed by atoms with Gasteiger partial charge in [0.25, 0.3) is 5.69 Å². The highest BCUT2D eigenvalue weighted by Crippen LogP contribution is 2.12. The summed E-state index contributed by atoms with van der Waals surface area (Å²) in [5.41, 5.74) is 3.80. The highest BCUT2D eigenvalue weighted by atomic mass is 16.7. The molecule has 0 aliphatic rings. The Morgan fingerprint density at radius 3 is 2.55 bits per heavy atom. The van der Waals surface area contributed by atoms with Gasteiger partial charge >= 0.3 is 6.03 Å². The average Bonchev–Trinajstić information content (AvgIpc) is 2.54. The molecule has 0 aliphatic carbocycles. The zero-order chi connectivity index (χ0) is 15.8. The van der Waals surface area contributed by atoms with E-state index in [4.69, 9.17) is 4.84 Å². The second-order valence-electron chi connectivity index (χ2n) is 4.49. The monoisotopic (exact) mass is 301 g/mol. The van der Waals surface area contributed by atoms with Crippen LogP contribution >= 0.6 is 0 Å². The molecular weight excluding hydrogens is 286 g/mol. The minimum absolute atomic E-state index is 0.0139. The number of nitrogens with one attached hydrogen (secondary N) is 2. The molecule has 0 unspecified atom stereocenters. The number of nitro benzene ring substituents is 1. The van der Waals surface area contributed by atoms with E-state index in [-0.39, 0.29) is 18.8 Å². The van der Waals surface area contributed by atoms with Crippen LogP contribution in [0.3, 0.4) is 0 Å². The highest BCUT2D eigenvalue weighted by molar-refractivity contribution is 5.72. The lowest BCUT2D eigenvalue weighted by molar-refractivity contribution is -0.384. The maximum Gasteiger partial charge on any atom is 0.338 e. The predicted octanol–water partition coefficient (Wildman–Crippen LogP) is 2.53. The van der Waals surface area contributed by atoms with Gasteiger partial charge in [0, 0.05) is 18.7 Å². The summed E-state index contributed by atoms with van der Waals surface area (Å²) in [5.74, 6) is 0. The van der Waals surface area contributed by atoms with Crippen LogP contribution in [0, 0.1) is 10.1 Å². The number of urea groups is 1. The second kappa shape index (κ2) is 7.75. The number of nitro groups is 1. The molecular formula is C15H15N3O4. The number of nitrogens with zero attached hydrogens (tertiary/aromatic N) is 1. The van der Waals surface area contributed by atoms with Gasteiger partial charge in [0.05, 0.1) is 11.5 Å². The van der Waals surface area contributed by atoms with Gasteiger partial charge in [-0.1, -0.05) is 42.5 Å². The molecule has 2 aromatic rings. The Bertz CT molecular complexity index is 646. The molecule has 7 heteroatoms. The van der Waals surface area contributed by atoms with E-state index in [0.29, 0.717) is 5.56 Å². The SMILES string of the molecule is O=C(NCc1cccc([N+](=O)[O-])c1)NOCc1ccccc1. The molecule has 0 heterocycles. The Kier molecular flexibility index (Phi) is 5.44.